The van der Waals surface area contributed by atoms with Gasteiger partial charge in [0.15, 0.2) is 0 Å². The Labute approximate surface area is 125 Å². The first kappa shape index (κ1) is 15.4. The van der Waals surface area contributed by atoms with E-state index in [1.807, 2.05) is 20.8 Å². The molecule has 116 valence electrons. The molecule has 1 saturated heterocycles. The Kier molecular flexibility index (Phi) is 4.55. The van der Waals surface area contributed by atoms with Crippen LogP contribution >= 0.6 is 0 Å². The maximum absolute atomic E-state index is 12.1. The lowest BCUT2D eigenvalue weighted by molar-refractivity contribution is 0.00723. The number of nitrogen functional groups attached to an aromatic ring is 1. The summed E-state index contributed by atoms with van der Waals surface area (Å²) in [5.74, 6) is 0.492. The molecule has 6 heteroatoms. The lowest BCUT2D eigenvalue weighted by atomic mass is 10.1. The number of nitrogens with two attached hydrogens (primary N) is 1. The van der Waals surface area contributed by atoms with E-state index >= 15 is 0 Å². The molecule has 0 bridgehead atoms. The molecule has 0 aromatic carbocycles. The van der Waals surface area contributed by atoms with Gasteiger partial charge < -0.3 is 20.1 Å². The van der Waals surface area contributed by atoms with E-state index in [0.29, 0.717) is 24.7 Å². The predicted octanol–water partition coefficient (Wildman–Crippen LogP) is 2.44. The average Bonchev–Trinajstić information content (AvgIpc) is 2.37. The number of nitrogens with zero attached hydrogens (tertiary/aromatic N) is 2. The molecule has 0 radical (unpaired) electrons. The van der Waals surface area contributed by atoms with Crippen molar-refractivity contribution in [3.8, 4) is 5.88 Å². The second kappa shape index (κ2) is 6.20. The number of piperidine rings is 1. The molecule has 1 aromatic heterocycles. The quantitative estimate of drug-likeness (QED) is 0.906. The van der Waals surface area contributed by atoms with Crippen molar-refractivity contribution in [1.29, 1.82) is 0 Å². The summed E-state index contributed by atoms with van der Waals surface area (Å²) in [5.41, 5.74) is 5.83. The van der Waals surface area contributed by atoms with E-state index in [2.05, 4.69) is 4.98 Å². The zero-order chi connectivity index (χ0) is 15.5. The van der Waals surface area contributed by atoms with Crippen LogP contribution < -0.4 is 10.5 Å². The van der Waals surface area contributed by atoms with Gasteiger partial charge in [-0.1, -0.05) is 0 Å². The molecule has 0 unspecified atom stereocenters. The lowest BCUT2D eigenvalue weighted by Crippen LogP contribution is -2.46. The fraction of sp³-hybridized carbons (Fsp3) is 0.600. The average molecular weight is 293 g/mol. The zero-order valence-electron chi connectivity index (χ0n) is 12.8. The minimum atomic E-state index is -0.486. The van der Waals surface area contributed by atoms with Gasteiger partial charge in [-0.2, -0.15) is 0 Å². The van der Waals surface area contributed by atoms with Crippen molar-refractivity contribution in [2.75, 3.05) is 18.8 Å². The third-order valence-electron chi connectivity index (χ3n) is 3.08. The first-order valence-electron chi connectivity index (χ1n) is 7.19. The minimum Gasteiger partial charge on any atom is -0.472 e. The molecule has 1 amide bonds. The van der Waals surface area contributed by atoms with Crippen molar-refractivity contribution < 1.29 is 14.3 Å². The van der Waals surface area contributed by atoms with Crippen molar-refractivity contribution in [2.45, 2.75) is 45.3 Å². The number of carbonyl (C=O) groups excluding carboxylic acids is 1. The highest BCUT2D eigenvalue weighted by Gasteiger charge is 2.28. The topological polar surface area (TPSA) is 77.7 Å². The molecule has 1 aromatic rings. The van der Waals surface area contributed by atoms with Gasteiger partial charge in [-0.15, -0.1) is 0 Å². The van der Waals surface area contributed by atoms with Crippen molar-refractivity contribution in [2.24, 2.45) is 0 Å². The molecule has 21 heavy (non-hydrogen) atoms. The van der Waals surface area contributed by atoms with Crippen LogP contribution in [0.1, 0.15) is 33.6 Å². The SMILES string of the molecule is CC(C)(C)OC(=O)N1CCC[C@H](Oc2cc(N)ccn2)C1. The Morgan fingerprint density at radius 1 is 1.48 bits per heavy atom. The molecule has 1 atom stereocenters. The van der Waals surface area contributed by atoms with Gasteiger partial charge in [-0.3, -0.25) is 0 Å². The van der Waals surface area contributed by atoms with Crippen LogP contribution in [0.5, 0.6) is 5.88 Å². The summed E-state index contributed by atoms with van der Waals surface area (Å²) in [4.78, 5) is 17.9. The van der Waals surface area contributed by atoms with Gasteiger partial charge in [0.25, 0.3) is 0 Å². The smallest absolute Gasteiger partial charge is 0.410 e. The summed E-state index contributed by atoms with van der Waals surface area (Å²) in [6, 6.07) is 3.40. The number of amides is 1. The summed E-state index contributed by atoms with van der Waals surface area (Å²) in [5, 5.41) is 0. The highest BCUT2D eigenvalue weighted by atomic mass is 16.6. The van der Waals surface area contributed by atoms with Crippen LogP contribution in [0.4, 0.5) is 10.5 Å². The summed E-state index contributed by atoms with van der Waals surface area (Å²) in [6.07, 6.45) is 3.00. The number of carbonyl (C=O) groups is 1. The Morgan fingerprint density at radius 3 is 2.90 bits per heavy atom. The molecule has 1 aliphatic heterocycles. The van der Waals surface area contributed by atoms with Gasteiger partial charge in [0.05, 0.1) is 6.54 Å². The monoisotopic (exact) mass is 293 g/mol. The third-order valence-corrected chi connectivity index (χ3v) is 3.08. The molecule has 1 fully saturated rings. The number of ether oxygens (including phenoxy) is 2. The Morgan fingerprint density at radius 2 is 2.24 bits per heavy atom. The lowest BCUT2D eigenvalue weighted by Gasteiger charge is -2.33. The largest absolute Gasteiger partial charge is 0.472 e. The number of likely N-dealkylation sites (tertiary alicyclic amines) is 1. The summed E-state index contributed by atoms with van der Waals surface area (Å²) in [7, 11) is 0. The normalized spacial score (nSPS) is 19.2. The minimum absolute atomic E-state index is 0.0828. The van der Waals surface area contributed by atoms with E-state index in [-0.39, 0.29) is 12.2 Å². The van der Waals surface area contributed by atoms with Crippen LogP contribution in [-0.4, -0.2) is 40.8 Å². The maximum Gasteiger partial charge on any atom is 0.410 e. The molecular weight excluding hydrogens is 270 g/mol. The Balaban J connectivity index is 1.93. The molecule has 1 aliphatic rings. The van der Waals surface area contributed by atoms with Gasteiger partial charge >= 0.3 is 6.09 Å². The van der Waals surface area contributed by atoms with Crippen LogP contribution in [0.2, 0.25) is 0 Å². The number of hydrogen-bond donors (Lipinski definition) is 1. The number of anilines is 1. The van der Waals surface area contributed by atoms with Gasteiger partial charge in [-0.05, 0) is 39.7 Å². The number of rotatable bonds is 2. The van der Waals surface area contributed by atoms with Crippen LogP contribution in [0, 0.1) is 0 Å². The van der Waals surface area contributed by atoms with E-state index in [1.165, 1.54) is 0 Å². The highest BCUT2D eigenvalue weighted by molar-refractivity contribution is 5.68. The van der Waals surface area contributed by atoms with Crippen molar-refractivity contribution in [3.63, 3.8) is 0 Å². The van der Waals surface area contributed by atoms with Crippen LogP contribution in [0.25, 0.3) is 0 Å². The first-order valence-corrected chi connectivity index (χ1v) is 7.19. The first-order chi connectivity index (χ1) is 9.83. The van der Waals surface area contributed by atoms with E-state index in [4.69, 9.17) is 15.2 Å². The van der Waals surface area contributed by atoms with Crippen LogP contribution in [-0.2, 0) is 4.74 Å². The molecule has 2 heterocycles. The predicted molar refractivity (Wildman–Crippen MR) is 80.1 cm³/mol. The zero-order valence-corrected chi connectivity index (χ0v) is 12.8. The molecule has 0 saturated carbocycles. The molecule has 2 N–H and O–H groups in total. The molecular formula is C15H23N3O3. The second-order valence-corrected chi connectivity index (χ2v) is 6.24. The van der Waals surface area contributed by atoms with E-state index in [0.717, 1.165) is 12.8 Å². The Bertz CT molecular complexity index is 499. The highest BCUT2D eigenvalue weighted by Crippen LogP contribution is 2.20. The molecule has 2 rings (SSSR count). The Hall–Kier alpha value is -1.98. The van der Waals surface area contributed by atoms with Crippen molar-refractivity contribution >= 4 is 11.8 Å². The number of hydrogen-bond acceptors (Lipinski definition) is 5. The van der Waals surface area contributed by atoms with E-state index in [1.54, 1.807) is 23.2 Å². The van der Waals surface area contributed by atoms with Gasteiger partial charge in [0.2, 0.25) is 5.88 Å². The van der Waals surface area contributed by atoms with Crippen molar-refractivity contribution in [3.05, 3.63) is 18.3 Å². The fourth-order valence-corrected chi connectivity index (χ4v) is 2.19. The van der Waals surface area contributed by atoms with E-state index < -0.39 is 5.60 Å². The van der Waals surface area contributed by atoms with Gasteiger partial charge in [0, 0.05) is 24.5 Å². The maximum atomic E-state index is 12.1. The molecule has 6 nitrogen and oxygen atoms in total. The van der Waals surface area contributed by atoms with Crippen LogP contribution in [0.15, 0.2) is 18.3 Å². The number of aromatic nitrogens is 1. The molecule has 0 aliphatic carbocycles. The number of pyridine rings is 1. The van der Waals surface area contributed by atoms with Gasteiger partial charge in [-0.25, -0.2) is 9.78 Å². The summed E-state index contributed by atoms with van der Waals surface area (Å²) >= 11 is 0. The second-order valence-electron chi connectivity index (χ2n) is 6.24. The standard InChI is InChI=1S/C15H23N3O3/c1-15(2,3)21-14(19)18-8-4-5-12(10-18)20-13-9-11(16)6-7-17-13/h6-7,9,12H,4-5,8,10H2,1-3H3,(H2,16,17)/t12-/m0/s1. The fourth-order valence-electron chi connectivity index (χ4n) is 2.19. The third kappa shape index (κ3) is 4.81. The summed E-state index contributed by atoms with van der Waals surface area (Å²) < 4.78 is 11.2. The molecule has 0 spiro atoms. The van der Waals surface area contributed by atoms with Gasteiger partial charge in [0.1, 0.15) is 11.7 Å². The van der Waals surface area contributed by atoms with E-state index in [9.17, 15) is 4.79 Å². The van der Waals surface area contributed by atoms with Crippen LogP contribution in [0.3, 0.4) is 0 Å². The van der Waals surface area contributed by atoms with Crippen molar-refractivity contribution in [1.82, 2.24) is 9.88 Å². The summed E-state index contributed by atoms with van der Waals surface area (Å²) in [6.45, 7) is 6.78.